The van der Waals surface area contributed by atoms with Gasteiger partial charge >= 0.3 is 0 Å². The molecule has 0 saturated carbocycles. The van der Waals surface area contributed by atoms with Gasteiger partial charge in [0.1, 0.15) is 0 Å². The fourth-order valence-corrected chi connectivity index (χ4v) is 6.07. The van der Waals surface area contributed by atoms with Crippen molar-refractivity contribution >= 4 is 50.1 Å². The van der Waals surface area contributed by atoms with Crippen LogP contribution in [0.4, 0.5) is 5.69 Å². The first-order valence-electron chi connectivity index (χ1n) is 13.3. The highest BCUT2D eigenvalue weighted by Gasteiger charge is 2.23. The molecule has 1 saturated heterocycles. The minimum absolute atomic E-state index is 0.0799. The van der Waals surface area contributed by atoms with Crippen molar-refractivity contribution in [2.75, 3.05) is 11.4 Å². The monoisotopic (exact) mass is 526 g/mol. The van der Waals surface area contributed by atoms with Crippen molar-refractivity contribution in [3.63, 3.8) is 0 Å². The lowest BCUT2D eigenvalue weighted by molar-refractivity contribution is -0.117. The van der Waals surface area contributed by atoms with Gasteiger partial charge in [-0.25, -0.2) is 0 Å². The lowest BCUT2D eigenvalue weighted by Gasteiger charge is -2.16. The molecule has 196 valence electrons. The second-order valence-electron chi connectivity index (χ2n) is 10.3. The van der Waals surface area contributed by atoms with Crippen molar-refractivity contribution in [3.05, 3.63) is 107 Å². The van der Waals surface area contributed by atoms with Crippen molar-refractivity contribution in [2.24, 2.45) is 5.73 Å². The van der Waals surface area contributed by atoms with Crippen molar-refractivity contribution < 1.29 is 9.59 Å². The van der Waals surface area contributed by atoms with Crippen LogP contribution in [0.3, 0.4) is 0 Å². The van der Waals surface area contributed by atoms with E-state index in [0.717, 1.165) is 56.2 Å². The molecule has 4 aromatic carbocycles. The van der Waals surface area contributed by atoms with Crippen molar-refractivity contribution in [1.82, 2.24) is 9.55 Å². The van der Waals surface area contributed by atoms with Crippen LogP contribution in [0.15, 0.2) is 89.9 Å². The van der Waals surface area contributed by atoms with Crippen molar-refractivity contribution in [3.8, 4) is 16.8 Å². The number of anilines is 1. The number of pyridine rings is 1. The highest BCUT2D eigenvalue weighted by Crippen LogP contribution is 2.40. The van der Waals surface area contributed by atoms with Gasteiger partial charge in [-0.2, -0.15) is 0 Å². The summed E-state index contributed by atoms with van der Waals surface area (Å²) < 4.78 is 1.69. The normalized spacial score (nSPS) is 13.6. The van der Waals surface area contributed by atoms with Crippen LogP contribution in [-0.4, -0.2) is 27.9 Å². The summed E-state index contributed by atoms with van der Waals surface area (Å²) in [7, 11) is 0. The summed E-state index contributed by atoms with van der Waals surface area (Å²) in [4.78, 5) is 43.5. The summed E-state index contributed by atoms with van der Waals surface area (Å²) in [6, 6.07) is 25.0. The van der Waals surface area contributed by atoms with Gasteiger partial charge in [-0.1, -0.05) is 42.5 Å². The first kappa shape index (κ1) is 23.9. The summed E-state index contributed by atoms with van der Waals surface area (Å²) in [6.07, 6.45) is 3.21. The van der Waals surface area contributed by atoms with Gasteiger partial charge in [0.2, 0.25) is 5.91 Å². The summed E-state index contributed by atoms with van der Waals surface area (Å²) in [5.41, 5.74) is 12.0. The quantitative estimate of drug-likeness (QED) is 0.302. The standard InChI is InChI=1S/C33H26N4O3/c1-19-22(8-4-9-28(19)37-17-15-20-6-2-3-7-23(20)33(37)40)24-13-14-26(32(34)39)31-30(24)25-12-11-21(18-27(25)35-31)36-16-5-10-29(36)38/h2-4,6-9,11-15,17-18,35H,5,10,16H2,1H3,(H2,34,39). The number of nitrogens with one attached hydrogen (secondary N) is 1. The van der Waals surface area contributed by atoms with Gasteiger partial charge in [-0.15, -0.1) is 0 Å². The summed E-state index contributed by atoms with van der Waals surface area (Å²) in [6.45, 7) is 2.70. The van der Waals surface area contributed by atoms with Crippen LogP contribution in [0.5, 0.6) is 0 Å². The molecular formula is C33H26N4O3. The van der Waals surface area contributed by atoms with Crippen molar-refractivity contribution in [1.29, 1.82) is 0 Å². The number of aromatic amines is 1. The fourth-order valence-electron chi connectivity index (χ4n) is 6.07. The minimum atomic E-state index is -0.522. The van der Waals surface area contributed by atoms with E-state index in [4.69, 9.17) is 5.73 Å². The average Bonchev–Trinajstić information content (AvgIpc) is 3.56. The number of carbonyl (C=O) groups is 2. The molecule has 1 fully saturated rings. The second kappa shape index (κ2) is 8.95. The Morgan fingerprint density at radius 1 is 0.900 bits per heavy atom. The predicted molar refractivity (Wildman–Crippen MR) is 159 cm³/mol. The number of nitrogens with zero attached hydrogens (tertiary/aromatic N) is 2. The minimum Gasteiger partial charge on any atom is -0.366 e. The number of rotatable bonds is 4. The van der Waals surface area contributed by atoms with E-state index in [1.54, 1.807) is 15.5 Å². The van der Waals surface area contributed by atoms with Crippen LogP contribution in [0.25, 0.3) is 49.4 Å². The maximum absolute atomic E-state index is 13.4. The number of primary amides is 1. The van der Waals surface area contributed by atoms with E-state index in [9.17, 15) is 14.4 Å². The van der Waals surface area contributed by atoms with Crippen LogP contribution in [0.2, 0.25) is 0 Å². The zero-order valence-corrected chi connectivity index (χ0v) is 21.9. The number of amides is 2. The molecule has 0 atom stereocenters. The lowest BCUT2D eigenvalue weighted by Crippen LogP contribution is -2.23. The number of hydrogen-bond donors (Lipinski definition) is 2. The highest BCUT2D eigenvalue weighted by molar-refractivity contribution is 6.20. The molecule has 1 aliphatic rings. The Kier molecular flexibility index (Phi) is 5.35. The molecule has 3 heterocycles. The number of H-pyrrole nitrogens is 1. The third kappa shape index (κ3) is 3.55. The fraction of sp³-hybridized carbons (Fsp3) is 0.121. The Bertz CT molecular complexity index is 2090. The molecule has 40 heavy (non-hydrogen) atoms. The number of aromatic nitrogens is 2. The Balaban J connectivity index is 1.46. The molecule has 0 bridgehead atoms. The molecule has 2 aromatic heterocycles. The van der Waals surface area contributed by atoms with Gasteiger partial charge < -0.3 is 15.6 Å². The van der Waals surface area contributed by atoms with Crippen LogP contribution >= 0.6 is 0 Å². The topological polar surface area (TPSA) is 101 Å². The van der Waals surface area contributed by atoms with Crippen LogP contribution in [-0.2, 0) is 4.79 Å². The predicted octanol–water partition coefficient (Wildman–Crippen LogP) is 5.83. The van der Waals surface area contributed by atoms with Crippen LogP contribution < -0.4 is 16.2 Å². The number of fused-ring (bicyclic) bond motifs is 4. The van der Waals surface area contributed by atoms with Gasteiger partial charge in [0.25, 0.3) is 11.5 Å². The largest absolute Gasteiger partial charge is 0.366 e. The van der Waals surface area contributed by atoms with E-state index in [1.165, 1.54) is 0 Å². The molecule has 3 N–H and O–H groups in total. The molecule has 0 spiro atoms. The summed E-state index contributed by atoms with van der Waals surface area (Å²) >= 11 is 0. The number of nitrogens with two attached hydrogens (primary N) is 1. The van der Waals surface area contributed by atoms with E-state index < -0.39 is 5.91 Å². The van der Waals surface area contributed by atoms with E-state index in [0.29, 0.717) is 29.4 Å². The maximum Gasteiger partial charge on any atom is 0.262 e. The van der Waals surface area contributed by atoms with Gasteiger partial charge in [0.05, 0.1) is 16.8 Å². The molecule has 6 aromatic rings. The highest BCUT2D eigenvalue weighted by atomic mass is 16.2. The summed E-state index contributed by atoms with van der Waals surface area (Å²) in [5, 5.41) is 3.36. The van der Waals surface area contributed by atoms with E-state index in [-0.39, 0.29) is 11.5 Å². The van der Waals surface area contributed by atoms with Crippen molar-refractivity contribution in [2.45, 2.75) is 19.8 Å². The second-order valence-corrected chi connectivity index (χ2v) is 10.3. The third-order valence-corrected chi connectivity index (χ3v) is 8.06. The molecule has 7 rings (SSSR count). The SMILES string of the molecule is Cc1c(-c2ccc(C(N)=O)c3[nH]c4cc(N5CCCC5=O)ccc4c23)cccc1-n1ccc2ccccc2c1=O. The van der Waals surface area contributed by atoms with E-state index >= 15 is 0 Å². The van der Waals surface area contributed by atoms with E-state index in [2.05, 4.69) is 4.98 Å². The Labute approximate surface area is 229 Å². The van der Waals surface area contributed by atoms with Gasteiger partial charge in [-0.3, -0.25) is 19.0 Å². The zero-order valence-electron chi connectivity index (χ0n) is 21.9. The van der Waals surface area contributed by atoms with Gasteiger partial charge in [0.15, 0.2) is 0 Å². The van der Waals surface area contributed by atoms with Gasteiger partial charge in [0, 0.05) is 46.5 Å². The number of benzene rings is 4. The first-order chi connectivity index (χ1) is 19.4. The molecule has 1 aliphatic heterocycles. The molecule has 7 nitrogen and oxygen atoms in total. The lowest BCUT2D eigenvalue weighted by atomic mass is 9.93. The maximum atomic E-state index is 13.4. The Morgan fingerprint density at radius 2 is 1.75 bits per heavy atom. The van der Waals surface area contributed by atoms with Gasteiger partial charge in [-0.05, 0) is 71.8 Å². The molecule has 0 unspecified atom stereocenters. The number of hydrogen-bond acceptors (Lipinski definition) is 3. The van der Waals surface area contributed by atoms with Crippen LogP contribution in [0, 0.1) is 6.92 Å². The Morgan fingerprint density at radius 3 is 2.55 bits per heavy atom. The average molecular weight is 527 g/mol. The zero-order chi connectivity index (χ0) is 27.5. The smallest absolute Gasteiger partial charge is 0.262 e. The number of carbonyl (C=O) groups excluding carboxylic acids is 2. The van der Waals surface area contributed by atoms with Crippen LogP contribution in [0.1, 0.15) is 28.8 Å². The molecule has 7 heteroatoms. The Hall–Kier alpha value is -5.17. The molecule has 0 aliphatic carbocycles. The molecule has 2 amide bonds. The molecular weight excluding hydrogens is 500 g/mol. The third-order valence-electron chi connectivity index (χ3n) is 8.06. The first-order valence-corrected chi connectivity index (χ1v) is 13.3. The van der Waals surface area contributed by atoms with E-state index in [1.807, 2.05) is 85.9 Å². The molecule has 0 radical (unpaired) electrons. The summed E-state index contributed by atoms with van der Waals surface area (Å²) in [5.74, 6) is -0.406.